The van der Waals surface area contributed by atoms with Crippen LogP contribution in [-0.2, 0) is 9.53 Å². The van der Waals surface area contributed by atoms with Crippen molar-refractivity contribution in [1.82, 2.24) is 4.98 Å². The predicted octanol–water partition coefficient (Wildman–Crippen LogP) is 3.01. The van der Waals surface area contributed by atoms with Gasteiger partial charge in [-0.1, -0.05) is 6.07 Å². The second-order valence-corrected chi connectivity index (χ2v) is 4.55. The lowest BCUT2D eigenvalue weighted by Crippen LogP contribution is -1.96. The molecule has 4 heteroatoms. The highest BCUT2D eigenvalue weighted by Gasteiger charge is 2.11. The molecular weight excluding hydrogens is 305 g/mol. The van der Waals surface area contributed by atoms with Gasteiger partial charge in [0.25, 0.3) is 6.47 Å². The molecule has 1 aromatic carbocycles. The Bertz CT molecular complexity index is 492. The van der Waals surface area contributed by atoms with Gasteiger partial charge < -0.3 is 9.72 Å². The molecule has 1 heterocycles. The van der Waals surface area contributed by atoms with Crippen LogP contribution in [0.1, 0.15) is 18.6 Å². The Labute approximate surface area is 101 Å². The number of aromatic nitrogens is 1. The Morgan fingerprint density at radius 1 is 1.53 bits per heavy atom. The van der Waals surface area contributed by atoms with Gasteiger partial charge in [0, 0.05) is 26.2 Å². The lowest BCUT2D eigenvalue weighted by molar-refractivity contribution is -0.133. The third-order valence-corrected chi connectivity index (χ3v) is 3.04. The highest BCUT2D eigenvalue weighted by atomic mass is 127. The summed E-state index contributed by atoms with van der Waals surface area (Å²) in [4.78, 5) is 13.4. The summed E-state index contributed by atoms with van der Waals surface area (Å²) < 4.78 is 6.10. The molecule has 0 amide bonds. The van der Waals surface area contributed by atoms with Crippen molar-refractivity contribution in [3.8, 4) is 0 Å². The monoisotopic (exact) mass is 315 g/mol. The Hall–Kier alpha value is -1.04. The fourth-order valence-electron chi connectivity index (χ4n) is 1.61. The zero-order valence-corrected chi connectivity index (χ0v) is 10.3. The number of carbonyl (C=O) groups excluding carboxylic acids is 1. The fourth-order valence-corrected chi connectivity index (χ4v) is 2.11. The minimum absolute atomic E-state index is 0.212. The van der Waals surface area contributed by atoms with Crippen LogP contribution >= 0.6 is 22.6 Å². The number of hydrogen-bond acceptors (Lipinski definition) is 2. The van der Waals surface area contributed by atoms with Crippen molar-refractivity contribution in [2.24, 2.45) is 0 Å². The standard InChI is InChI=1S/C11H10INO2/c1-7(15-6-14)10-5-13-11-4-8(12)2-3-9(10)11/h2-7,13H,1H3. The fraction of sp³-hybridized carbons (Fsp3) is 0.182. The Kier molecular flexibility index (Phi) is 2.95. The van der Waals surface area contributed by atoms with Gasteiger partial charge in [-0.3, -0.25) is 4.79 Å². The molecular formula is C11H10INO2. The predicted molar refractivity (Wildman–Crippen MR) is 66.6 cm³/mol. The molecule has 78 valence electrons. The van der Waals surface area contributed by atoms with E-state index in [9.17, 15) is 4.79 Å². The number of aromatic amines is 1. The highest BCUT2D eigenvalue weighted by Crippen LogP contribution is 2.26. The minimum Gasteiger partial charge on any atom is -0.460 e. The molecule has 0 radical (unpaired) electrons. The topological polar surface area (TPSA) is 42.1 Å². The molecule has 0 saturated heterocycles. The van der Waals surface area contributed by atoms with Crippen LogP contribution in [0.5, 0.6) is 0 Å². The number of nitrogens with one attached hydrogen (secondary N) is 1. The first-order valence-corrected chi connectivity index (χ1v) is 5.66. The molecule has 0 fully saturated rings. The zero-order valence-electron chi connectivity index (χ0n) is 8.16. The highest BCUT2D eigenvalue weighted by molar-refractivity contribution is 14.1. The van der Waals surface area contributed by atoms with Crippen molar-refractivity contribution in [3.63, 3.8) is 0 Å². The van der Waals surface area contributed by atoms with E-state index in [1.807, 2.05) is 25.3 Å². The van der Waals surface area contributed by atoms with E-state index in [-0.39, 0.29) is 6.10 Å². The van der Waals surface area contributed by atoms with Gasteiger partial charge >= 0.3 is 0 Å². The molecule has 15 heavy (non-hydrogen) atoms. The first-order chi connectivity index (χ1) is 7.22. The summed E-state index contributed by atoms with van der Waals surface area (Å²) in [5.41, 5.74) is 2.08. The van der Waals surface area contributed by atoms with Crippen LogP contribution in [-0.4, -0.2) is 11.5 Å². The summed E-state index contributed by atoms with van der Waals surface area (Å²) in [6.45, 7) is 2.34. The van der Waals surface area contributed by atoms with Gasteiger partial charge in [-0.2, -0.15) is 0 Å². The largest absolute Gasteiger partial charge is 0.460 e. The van der Waals surface area contributed by atoms with Gasteiger partial charge in [-0.15, -0.1) is 0 Å². The van der Waals surface area contributed by atoms with Gasteiger partial charge in [0.15, 0.2) is 0 Å². The number of ether oxygens (including phenoxy) is 1. The molecule has 1 N–H and O–H groups in total. The van der Waals surface area contributed by atoms with E-state index in [1.165, 1.54) is 3.57 Å². The number of benzene rings is 1. The van der Waals surface area contributed by atoms with Crippen LogP contribution in [0, 0.1) is 3.57 Å². The smallest absolute Gasteiger partial charge is 0.293 e. The third kappa shape index (κ3) is 1.99. The van der Waals surface area contributed by atoms with Crippen molar-refractivity contribution in [1.29, 1.82) is 0 Å². The van der Waals surface area contributed by atoms with Crippen LogP contribution in [0.2, 0.25) is 0 Å². The van der Waals surface area contributed by atoms with Crippen molar-refractivity contribution in [3.05, 3.63) is 33.5 Å². The van der Waals surface area contributed by atoms with Gasteiger partial charge in [-0.25, -0.2) is 0 Å². The number of hydrogen-bond donors (Lipinski definition) is 1. The van der Waals surface area contributed by atoms with Gasteiger partial charge in [0.2, 0.25) is 0 Å². The molecule has 3 nitrogen and oxygen atoms in total. The van der Waals surface area contributed by atoms with Crippen LogP contribution in [0.3, 0.4) is 0 Å². The molecule has 1 aromatic heterocycles. The van der Waals surface area contributed by atoms with E-state index >= 15 is 0 Å². The van der Waals surface area contributed by atoms with Gasteiger partial charge in [0.05, 0.1) is 0 Å². The van der Waals surface area contributed by atoms with Crippen LogP contribution in [0.15, 0.2) is 24.4 Å². The van der Waals surface area contributed by atoms with Crippen molar-refractivity contribution < 1.29 is 9.53 Å². The number of halogens is 1. The molecule has 0 spiro atoms. The summed E-state index contributed by atoms with van der Waals surface area (Å²) in [7, 11) is 0. The third-order valence-electron chi connectivity index (χ3n) is 2.37. The van der Waals surface area contributed by atoms with Crippen molar-refractivity contribution in [2.45, 2.75) is 13.0 Å². The molecule has 0 bridgehead atoms. The minimum atomic E-state index is -0.212. The molecule has 1 atom stereocenters. The summed E-state index contributed by atoms with van der Waals surface area (Å²) in [5.74, 6) is 0. The first kappa shape index (κ1) is 10.5. The molecule has 0 aliphatic rings. The average molecular weight is 315 g/mol. The quantitative estimate of drug-likeness (QED) is 0.699. The molecule has 0 saturated carbocycles. The lowest BCUT2D eigenvalue weighted by atomic mass is 10.1. The van der Waals surface area contributed by atoms with Crippen molar-refractivity contribution >= 4 is 40.0 Å². The van der Waals surface area contributed by atoms with Crippen molar-refractivity contribution in [2.75, 3.05) is 0 Å². The van der Waals surface area contributed by atoms with E-state index in [0.717, 1.165) is 16.5 Å². The Morgan fingerprint density at radius 3 is 3.07 bits per heavy atom. The second-order valence-electron chi connectivity index (χ2n) is 3.31. The zero-order chi connectivity index (χ0) is 10.8. The molecule has 1 unspecified atom stereocenters. The summed E-state index contributed by atoms with van der Waals surface area (Å²) in [5, 5.41) is 1.10. The summed E-state index contributed by atoms with van der Waals surface area (Å²) in [6.07, 6.45) is 1.67. The summed E-state index contributed by atoms with van der Waals surface area (Å²) in [6, 6.07) is 6.13. The van der Waals surface area contributed by atoms with E-state index in [1.54, 1.807) is 0 Å². The normalized spacial score (nSPS) is 12.7. The maximum Gasteiger partial charge on any atom is 0.293 e. The maximum atomic E-state index is 10.3. The van der Waals surface area contributed by atoms with Gasteiger partial charge in [0.1, 0.15) is 6.10 Å². The number of H-pyrrole nitrogens is 1. The van der Waals surface area contributed by atoms with Crippen LogP contribution in [0.25, 0.3) is 10.9 Å². The second kappa shape index (κ2) is 4.22. The van der Waals surface area contributed by atoms with E-state index < -0.39 is 0 Å². The van der Waals surface area contributed by atoms with Crippen LogP contribution < -0.4 is 0 Å². The number of fused-ring (bicyclic) bond motifs is 1. The Balaban J connectivity index is 2.49. The average Bonchev–Trinajstić information content (AvgIpc) is 2.60. The van der Waals surface area contributed by atoms with Gasteiger partial charge in [-0.05, 0) is 41.6 Å². The maximum absolute atomic E-state index is 10.3. The van der Waals surface area contributed by atoms with E-state index in [0.29, 0.717) is 6.47 Å². The summed E-state index contributed by atoms with van der Waals surface area (Å²) >= 11 is 2.26. The molecule has 2 rings (SSSR count). The SMILES string of the molecule is CC(OC=O)c1c[nH]c2cc(I)ccc12. The molecule has 0 aliphatic carbocycles. The first-order valence-electron chi connectivity index (χ1n) is 4.58. The molecule has 0 aliphatic heterocycles. The number of carbonyl (C=O) groups is 1. The lowest BCUT2D eigenvalue weighted by Gasteiger charge is -2.07. The molecule has 2 aromatic rings. The van der Waals surface area contributed by atoms with E-state index in [4.69, 9.17) is 4.74 Å². The van der Waals surface area contributed by atoms with E-state index in [2.05, 4.69) is 33.6 Å². The van der Waals surface area contributed by atoms with Crippen LogP contribution in [0.4, 0.5) is 0 Å². The Morgan fingerprint density at radius 2 is 2.33 bits per heavy atom. The number of rotatable bonds is 3.